The van der Waals surface area contributed by atoms with Crippen molar-refractivity contribution < 1.29 is 14.7 Å². The Hall–Kier alpha value is -1.69. The minimum Gasteiger partial charge on any atom is -0.481 e. The number of carbonyl (C=O) groups is 2. The fourth-order valence-electron chi connectivity index (χ4n) is 2.10. The van der Waals surface area contributed by atoms with E-state index in [9.17, 15) is 9.59 Å². The number of thiazole rings is 1. The van der Waals surface area contributed by atoms with Crippen LogP contribution in [0, 0.1) is 12.8 Å². The standard InChI is InChI=1S/C13H16N2O3S/c1-9-14-11(8-19-9)4-5-12(16)15-6-2-3-10(7-15)13(17)18/h4-5,8,10H,2-3,6-7H2,1H3,(H,17,18)/b5-4+/t10-/m1/s1. The first-order chi connectivity index (χ1) is 9.06. The Bertz CT molecular complexity index is 510. The Morgan fingerprint density at radius 2 is 2.37 bits per heavy atom. The molecular formula is C13H16N2O3S. The molecule has 0 bridgehead atoms. The van der Waals surface area contributed by atoms with Crippen molar-refractivity contribution in [3.63, 3.8) is 0 Å². The lowest BCUT2D eigenvalue weighted by Crippen LogP contribution is -2.41. The molecule has 2 heterocycles. The van der Waals surface area contributed by atoms with Crippen molar-refractivity contribution in [1.29, 1.82) is 0 Å². The van der Waals surface area contributed by atoms with E-state index < -0.39 is 11.9 Å². The summed E-state index contributed by atoms with van der Waals surface area (Å²) >= 11 is 1.53. The van der Waals surface area contributed by atoms with E-state index in [2.05, 4.69) is 4.98 Å². The summed E-state index contributed by atoms with van der Waals surface area (Å²) in [4.78, 5) is 28.7. The molecule has 1 aromatic heterocycles. The molecule has 0 aromatic carbocycles. The van der Waals surface area contributed by atoms with Crippen molar-refractivity contribution in [3.8, 4) is 0 Å². The van der Waals surface area contributed by atoms with Crippen LogP contribution >= 0.6 is 11.3 Å². The van der Waals surface area contributed by atoms with Crippen molar-refractivity contribution in [2.45, 2.75) is 19.8 Å². The monoisotopic (exact) mass is 280 g/mol. The summed E-state index contributed by atoms with van der Waals surface area (Å²) in [7, 11) is 0. The van der Waals surface area contributed by atoms with Crippen LogP contribution in [0.25, 0.3) is 6.08 Å². The number of aromatic nitrogens is 1. The van der Waals surface area contributed by atoms with Crippen LogP contribution in [0.3, 0.4) is 0 Å². The number of nitrogens with zero attached hydrogens (tertiary/aromatic N) is 2. The number of aryl methyl sites for hydroxylation is 1. The van der Waals surface area contributed by atoms with Gasteiger partial charge in [0.25, 0.3) is 0 Å². The molecule has 1 atom stereocenters. The van der Waals surface area contributed by atoms with Gasteiger partial charge in [0.05, 0.1) is 16.6 Å². The highest BCUT2D eigenvalue weighted by atomic mass is 32.1. The molecule has 1 saturated heterocycles. The second kappa shape index (κ2) is 5.97. The summed E-state index contributed by atoms with van der Waals surface area (Å²) in [6, 6.07) is 0. The van der Waals surface area contributed by atoms with Gasteiger partial charge in [0.15, 0.2) is 0 Å². The zero-order valence-corrected chi connectivity index (χ0v) is 11.5. The number of carbonyl (C=O) groups excluding carboxylic acids is 1. The third-order valence-electron chi connectivity index (χ3n) is 3.12. The average molecular weight is 280 g/mol. The fourth-order valence-corrected chi connectivity index (χ4v) is 2.68. The lowest BCUT2D eigenvalue weighted by molar-refractivity contribution is -0.144. The van der Waals surface area contributed by atoms with Gasteiger partial charge in [-0.05, 0) is 25.8 Å². The molecule has 1 aliphatic rings. The van der Waals surface area contributed by atoms with Crippen molar-refractivity contribution in [2.24, 2.45) is 5.92 Å². The lowest BCUT2D eigenvalue weighted by Gasteiger charge is -2.29. The van der Waals surface area contributed by atoms with Gasteiger partial charge in [0, 0.05) is 24.5 Å². The van der Waals surface area contributed by atoms with E-state index in [4.69, 9.17) is 5.11 Å². The predicted octanol–water partition coefficient (Wildman–Crippen LogP) is 1.79. The third kappa shape index (κ3) is 3.64. The number of piperidine rings is 1. The van der Waals surface area contributed by atoms with Crippen molar-refractivity contribution in [3.05, 3.63) is 22.2 Å². The highest BCUT2D eigenvalue weighted by Gasteiger charge is 2.27. The van der Waals surface area contributed by atoms with E-state index in [1.807, 2.05) is 12.3 Å². The predicted molar refractivity (Wildman–Crippen MR) is 72.8 cm³/mol. The number of aliphatic carboxylic acids is 1. The van der Waals surface area contributed by atoms with Crippen molar-refractivity contribution >= 4 is 29.3 Å². The minimum absolute atomic E-state index is 0.142. The highest BCUT2D eigenvalue weighted by molar-refractivity contribution is 7.09. The molecule has 1 fully saturated rings. The van der Waals surface area contributed by atoms with Crippen LogP contribution in [0.15, 0.2) is 11.5 Å². The van der Waals surface area contributed by atoms with Gasteiger partial charge in [-0.1, -0.05) is 0 Å². The Labute approximate surface area is 115 Å². The lowest BCUT2D eigenvalue weighted by atomic mass is 9.98. The Morgan fingerprint density at radius 1 is 1.58 bits per heavy atom. The maximum Gasteiger partial charge on any atom is 0.308 e. The minimum atomic E-state index is -0.823. The van der Waals surface area contributed by atoms with E-state index in [0.717, 1.165) is 17.1 Å². The molecule has 0 radical (unpaired) electrons. The number of carboxylic acids is 1. The molecule has 2 rings (SSSR count). The molecule has 1 aromatic rings. The maximum atomic E-state index is 12.0. The molecule has 0 saturated carbocycles. The summed E-state index contributed by atoms with van der Waals surface area (Å²) in [5.74, 6) is -1.40. The molecular weight excluding hydrogens is 264 g/mol. The number of amides is 1. The number of rotatable bonds is 3. The molecule has 0 unspecified atom stereocenters. The van der Waals surface area contributed by atoms with Crippen LogP contribution in [-0.2, 0) is 9.59 Å². The second-order valence-electron chi connectivity index (χ2n) is 4.59. The Morgan fingerprint density at radius 3 is 3.00 bits per heavy atom. The average Bonchev–Trinajstić information content (AvgIpc) is 2.82. The highest BCUT2D eigenvalue weighted by Crippen LogP contribution is 2.17. The zero-order chi connectivity index (χ0) is 13.8. The van der Waals surface area contributed by atoms with Crippen molar-refractivity contribution in [2.75, 3.05) is 13.1 Å². The van der Waals surface area contributed by atoms with Crippen LogP contribution in [0.4, 0.5) is 0 Å². The van der Waals surface area contributed by atoms with Gasteiger partial charge in [0.2, 0.25) is 5.91 Å². The summed E-state index contributed by atoms with van der Waals surface area (Å²) in [5.41, 5.74) is 0.766. The molecule has 1 aliphatic heterocycles. The first-order valence-corrected chi connectivity index (χ1v) is 7.06. The number of likely N-dealkylation sites (tertiary alicyclic amines) is 1. The van der Waals surface area contributed by atoms with Gasteiger partial charge < -0.3 is 10.0 Å². The van der Waals surface area contributed by atoms with E-state index in [0.29, 0.717) is 19.5 Å². The van der Waals surface area contributed by atoms with Gasteiger partial charge in [-0.25, -0.2) is 4.98 Å². The summed E-state index contributed by atoms with van der Waals surface area (Å²) < 4.78 is 0. The smallest absolute Gasteiger partial charge is 0.308 e. The fraction of sp³-hybridized carbons (Fsp3) is 0.462. The quantitative estimate of drug-likeness (QED) is 0.857. The number of carboxylic acid groups (broad SMARTS) is 1. The molecule has 0 spiro atoms. The summed E-state index contributed by atoms with van der Waals surface area (Å²) in [6.45, 7) is 2.84. The topological polar surface area (TPSA) is 70.5 Å². The molecule has 1 N–H and O–H groups in total. The summed E-state index contributed by atoms with van der Waals surface area (Å²) in [5, 5.41) is 11.8. The van der Waals surface area contributed by atoms with Gasteiger partial charge in [-0.3, -0.25) is 9.59 Å². The molecule has 102 valence electrons. The van der Waals surface area contributed by atoms with Crippen LogP contribution in [0.2, 0.25) is 0 Å². The zero-order valence-electron chi connectivity index (χ0n) is 10.7. The van der Waals surface area contributed by atoms with E-state index in [-0.39, 0.29) is 5.91 Å². The van der Waals surface area contributed by atoms with Gasteiger partial charge >= 0.3 is 5.97 Å². The normalized spacial score (nSPS) is 19.8. The van der Waals surface area contributed by atoms with Crippen LogP contribution in [-0.4, -0.2) is 40.0 Å². The maximum absolute atomic E-state index is 12.0. The first kappa shape index (κ1) is 13.7. The van der Waals surface area contributed by atoms with Gasteiger partial charge in [-0.15, -0.1) is 11.3 Å². The number of hydrogen-bond donors (Lipinski definition) is 1. The first-order valence-electron chi connectivity index (χ1n) is 6.18. The SMILES string of the molecule is Cc1nc(/C=C/C(=O)N2CCC[C@@H](C(=O)O)C2)cs1. The van der Waals surface area contributed by atoms with E-state index in [1.165, 1.54) is 17.4 Å². The van der Waals surface area contributed by atoms with Crippen LogP contribution in [0.5, 0.6) is 0 Å². The van der Waals surface area contributed by atoms with Gasteiger partial charge in [0.1, 0.15) is 0 Å². The second-order valence-corrected chi connectivity index (χ2v) is 5.65. The van der Waals surface area contributed by atoms with Crippen molar-refractivity contribution in [1.82, 2.24) is 9.88 Å². The Kier molecular flexibility index (Phi) is 4.31. The van der Waals surface area contributed by atoms with Crippen LogP contribution < -0.4 is 0 Å². The van der Waals surface area contributed by atoms with Crippen LogP contribution in [0.1, 0.15) is 23.5 Å². The Balaban J connectivity index is 1.96. The van der Waals surface area contributed by atoms with Gasteiger partial charge in [-0.2, -0.15) is 0 Å². The molecule has 5 nitrogen and oxygen atoms in total. The van der Waals surface area contributed by atoms with E-state index >= 15 is 0 Å². The largest absolute Gasteiger partial charge is 0.481 e. The van der Waals surface area contributed by atoms with E-state index in [1.54, 1.807) is 11.0 Å². The summed E-state index contributed by atoms with van der Waals surface area (Å²) in [6.07, 6.45) is 4.54. The molecule has 6 heteroatoms. The molecule has 19 heavy (non-hydrogen) atoms. The number of hydrogen-bond acceptors (Lipinski definition) is 4. The molecule has 0 aliphatic carbocycles. The molecule has 1 amide bonds. The third-order valence-corrected chi connectivity index (χ3v) is 3.91.